The molecule has 21 heavy (non-hydrogen) atoms. The predicted octanol–water partition coefficient (Wildman–Crippen LogP) is 2.87. The molecule has 2 rings (SSSR count). The SMILES string of the molecule is CCn1cc(S(=O)(=O)Nc2ccc(Br)c(C)c2)cc1CO. The number of hydrogen-bond donors (Lipinski definition) is 2. The van der Waals surface area contributed by atoms with E-state index in [1.54, 1.807) is 22.8 Å². The van der Waals surface area contributed by atoms with E-state index < -0.39 is 10.0 Å². The van der Waals surface area contributed by atoms with Crippen molar-refractivity contribution < 1.29 is 13.5 Å². The second-order valence-electron chi connectivity index (χ2n) is 4.68. The van der Waals surface area contributed by atoms with Crippen LogP contribution in [-0.4, -0.2) is 18.1 Å². The fraction of sp³-hybridized carbons (Fsp3) is 0.286. The number of aryl methyl sites for hydroxylation is 2. The minimum atomic E-state index is -3.66. The highest BCUT2D eigenvalue weighted by Gasteiger charge is 2.18. The molecule has 2 N–H and O–H groups in total. The molecule has 1 aromatic heterocycles. The van der Waals surface area contributed by atoms with Crippen molar-refractivity contribution in [3.05, 3.63) is 46.2 Å². The molecule has 0 fully saturated rings. The highest BCUT2D eigenvalue weighted by molar-refractivity contribution is 9.10. The van der Waals surface area contributed by atoms with Crippen molar-refractivity contribution in [1.29, 1.82) is 0 Å². The zero-order chi connectivity index (χ0) is 15.6. The maximum Gasteiger partial charge on any atom is 0.263 e. The zero-order valence-electron chi connectivity index (χ0n) is 11.8. The van der Waals surface area contributed by atoms with Crippen LogP contribution in [0.4, 0.5) is 5.69 Å². The summed E-state index contributed by atoms with van der Waals surface area (Å²) >= 11 is 3.38. The lowest BCUT2D eigenvalue weighted by atomic mass is 10.2. The second-order valence-corrected chi connectivity index (χ2v) is 7.22. The molecule has 1 aromatic carbocycles. The highest BCUT2D eigenvalue weighted by atomic mass is 79.9. The Balaban J connectivity index is 2.33. The monoisotopic (exact) mass is 372 g/mol. The van der Waals surface area contributed by atoms with E-state index in [0.717, 1.165) is 10.0 Å². The molecule has 0 saturated heterocycles. The van der Waals surface area contributed by atoms with Crippen molar-refractivity contribution in [1.82, 2.24) is 4.57 Å². The first kappa shape index (κ1) is 16.1. The molecule has 0 unspecified atom stereocenters. The van der Waals surface area contributed by atoms with Gasteiger partial charge in [-0.15, -0.1) is 0 Å². The van der Waals surface area contributed by atoms with Crippen molar-refractivity contribution in [2.45, 2.75) is 31.9 Å². The summed E-state index contributed by atoms with van der Waals surface area (Å²) in [5.74, 6) is 0. The summed E-state index contributed by atoms with van der Waals surface area (Å²) in [6.45, 7) is 4.18. The number of nitrogens with zero attached hydrogens (tertiary/aromatic N) is 1. The molecule has 0 aliphatic rings. The Labute approximate surface area is 132 Å². The molecule has 0 aliphatic heterocycles. The van der Waals surface area contributed by atoms with Gasteiger partial charge in [0, 0.05) is 28.6 Å². The van der Waals surface area contributed by atoms with Crippen molar-refractivity contribution in [2.24, 2.45) is 0 Å². The van der Waals surface area contributed by atoms with Crippen LogP contribution in [0, 0.1) is 6.92 Å². The first-order valence-corrected chi connectivity index (χ1v) is 8.74. The van der Waals surface area contributed by atoms with Crippen LogP contribution in [-0.2, 0) is 23.2 Å². The van der Waals surface area contributed by atoms with Crippen LogP contribution in [0.15, 0.2) is 39.8 Å². The van der Waals surface area contributed by atoms with Crippen molar-refractivity contribution >= 4 is 31.6 Å². The van der Waals surface area contributed by atoms with E-state index >= 15 is 0 Å². The standard InChI is InChI=1S/C14H17BrN2O3S/c1-3-17-8-13(7-12(17)9-18)21(19,20)16-11-4-5-14(15)10(2)6-11/h4-8,16,18H,3,9H2,1-2H3. The molecule has 0 bridgehead atoms. The summed E-state index contributed by atoms with van der Waals surface area (Å²) < 4.78 is 29.9. The Morgan fingerprint density at radius 2 is 2.05 bits per heavy atom. The number of aromatic nitrogens is 1. The molecule has 0 spiro atoms. The maximum absolute atomic E-state index is 12.4. The molecule has 0 saturated carbocycles. The number of hydrogen-bond acceptors (Lipinski definition) is 3. The summed E-state index contributed by atoms with van der Waals surface area (Å²) in [6.07, 6.45) is 1.53. The molecule has 0 aliphatic carbocycles. The average molecular weight is 373 g/mol. The third-order valence-corrected chi connectivity index (χ3v) is 5.42. The first-order valence-electron chi connectivity index (χ1n) is 6.46. The van der Waals surface area contributed by atoms with Crippen LogP contribution in [0.1, 0.15) is 18.2 Å². The largest absolute Gasteiger partial charge is 0.390 e. The number of aliphatic hydroxyl groups is 1. The van der Waals surface area contributed by atoms with Crippen LogP contribution in [0.3, 0.4) is 0 Å². The van der Waals surface area contributed by atoms with Gasteiger partial charge < -0.3 is 9.67 Å². The van der Waals surface area contributed by atoms with Gasteiger partial charge in [-0.1, -0.05) is 15.9 Å². The van der Waals surface area contributed by atoms with Crippen LogP contribution in [0.2, 0.25) is 0 Å². The molecular formula is C14H17BrN2O3S. The van der Waals surface area contributed by atoms with E-state index in [2.05, 4.69) is 20.7 Å². The zero-order valence-corrected chi connectivity index (χ0v) is 14.2. The first-order chi connectivity index (χ1) is 9.87. The fourth-order valence-corrected chi connectivity index (χ4v) is 3.38. The number of anilines is 1. The smallest absolute Gasteiger partial charge is 0.263 e. The number of sulfonamides is 1. The Hall–Kier alpha value is -1.31. The number of rotatable bonds is 5. The Kier molecular flexibility index (Phi) is 4.75. The van der Waals surface area contributed by atoms with Gasteiger partial charge in [0.1, 0.15) is 4.90 Å². The van der Waals surface area contributed by atoms with Gasteiger partial charge in [-0.3, -0.25) is 4.72 Å². The van der Waals surface area contributed by atoms with Crippen molar-refractivity contribution in [3.63, 3.8) is 0 Å². The van der Waals surface area contributed by atoms with Gasteiger partial charge in [-0.2, -0.15) is 0 Å². The number of halogens is 1. The fourth-order valence-electron chi connectivity index (χ4n) is 2.02. The Morgan fingerprint density at radius 1 is 1.33 bits per heavy atom. The molecule has 5 nitrogen and oxygen atoms in total. The van der Waals surface area contributed by atoms with Crippen LogP contribution >= 0.6 is 15.9 Å². The minimum absolute atomic E-state index is 0.147. The number of aliphatic hydroxyl groups excluding tert-OH is 1. The van der Waals surface area contributed by atoms with Crippen LogP contribution < -0.4 is 4.72 Å². The van der Waals surface area contributed by atoms with Gasteiger partial charge in [0.25, 0.3) is 10.0 Å². The molecule has 0 radical (unpaired) electrons. The van der Waals surface area contributed by atoms with E-state index in [4.69, 9.17) is 0 Å². The van der Waals surface area contributed by atoms with E-state index in [9.17, 15) is 13.5 Å². The maximum atomic E-state index is 12.4. The third kappa shape index (κ3) is 3.48. The lowest BCUT2D eigenvalue weighted by Crippen LogP contribution is -2.12. The third-order valence-electron chi connectivity index (χ3n) is 3.18. The number of benzene rings is 1. The molecular weight excluding hydrogens is 356 g/mol. The van der Waals surface area contributed by atoms with Gasteiger partial charge in [-0.25, -0.2) is 8.42 Å². The molecule has 2 aromatic rings. The van der Waals surface area contributed by atoms with Gasteiger partial charge in [0.05, 0.1) is 6.61 Å². The van der Waals surface area contributed by atoms with E-state index in [0.29, 0.717) is 17.9 Å². The Bertz CT molecular complexity index is 732. The number of nitrogens with one attached hydrogen (secondary N) is 1. The molecule has 7 heteroatoms. The predicted molar refractivity (Wildman–Crippen MR) is 85.7 cm³/mol. The van der Waals surface area contributed by atoms with E-state index in [-0.39, 0.29) is 11.5 Å². The quantitative estimate of drug-likeness (QED) is 0.847. The van der Waals surface area contributed by atoms with E-state index in [1.807, 2.05) is 13.8 Å². The summed E-state index contributed by atoms with van der Waals surface area (Å²) in [5, 5.41) is 9.24. The summed E-state index contributed by atoms with van der Waals surface area (Å²) in [4.78, 5) is 0.147. The summed E-state index contributed by atoms with van der Waals surface area (Å²) in [5.41, 5.74) is 2.02. The van der Waals surface area contributed by atoms with Crippen molar-refractivity contribution in [3.8, 4) is 0 Å². The Morgan fingerprint density at radius 3 is 2.57 bits per heavy atom. The van der Waals surface area contributed by atoms with Gasteiger partial charge in [-0.05, 0) is 43.7 Å². The minimum Gasteiger partial charge on any atom is -0.390 e. The topological polar surface area (TPSA) is 71.3 Å². The molecule has 0 atom stereocenters. The second kappa shape index (κ2) is 6.21. The molecule has 0 amide bonds. The highest BCUT2D eigenvalue weighted by Crippen LogP contribution is 2.23. The van der Waals surface area contributed by atoms with Gasteiger partial charge in [0.2, 0.25) is 0 Å². The molecule has 1 heterocycles. The average Bonchev–Trinajstić information content (AvgIpc) is 2.86. The summed E-state index contributed by atoms with van der Waals surface area (Å²) in [6, 6.07) is 6.73. The lowest BCUT2D eigenvalue weighted by molar-refractivity contribution is 0.271. The summed E-state index contributed by atoms with van der Waals surface area (Å²) in [7, 11) is -3.66. The van der Waals surface area contributed by atoms with Gasteiger partial charge in [0.15, 0.2) is 0 Å². The van der Waals surface area contributed by atoms with E-state index in [1.165, 1.54) is 12.3 Å². The molecule has 114 valence electrons. The van der Waals surface area contributed by atoms with Crippen LogP contribution in [0.5, 0.6) is 0 Å². The lowest BCUT2D eigenvalue weighted by Gasteiger charge is -2.08. The van der Waals surface area contributed by atoms with Crippen molar-refractivity contribution in [2.75, 3.05) is 4.72 Å². The van der Waals surface area contributed by atoms with Crippen LogP contribution in [0.25, 0.3) is 0 Å². The normalized spacial score (nSPS) is 11.6. The van der Waals surface area contributed by atoms with Gasteiger partial charge >= 0.3 is 0 Å².